The highest BCUT2D eigenvalue weighted by atomic mass is 35.5. The minimum absolute atomic E-state index is 0.0556. The summed E-state index contributed by atoms with van der Waals surface area (Å²) in [6.07, 6.45) is 6.05. The van der Waals surface area contributed by atoms with Gasteiger partial charge in [0.15, 0.2) is 0 Å². The topological polar surface area (TPSA) is 84.2 Å². The molecular formula is C21H21Cl2N3O3. The normalized spacial score (nSPS) is 32.3. The highest BCUT2D eigenvalue weighted by Gasteiger charge is 2.62. The molecule has 1 aromatic carbocycles. The first-order valence-electron chi connectivity index (χ1n) is 9.85. The molecule has 0 spiro atoms. The Hall–Kier alpha value is -2.05. The molecule has 4 bridgehead atoms. The molecule has 0 radical (unpaired) electrons. The van der Waals surface area contributed by atoms with E-state index in [9.17, 15) is 14.7 Å². The number of carboxylic acids is 1. The number of benzene rings is 1. The second-order valence-corrected chi connectivity index (χ2v) is 9.81. The summed E-state index contributed by atoms with van der Waals surface area (Å²) in [4.78, 5) is 25.3. The third-order valence-corrected chi connectivity index (χ3v) is 7.56. The summed E-state index contributed by atoms with van der Waals surface area (Å²) in [7, 11) is 0. The largest absolute Gasteiger partial charge is 0.481 e. The summed E-state index contributed by atoms with van der Waals surface area (Å²) < 4.78 is 1.48. The highest BCUT2D eigenvalue weighted by Crippen LogP contribution is 2.63. The minimum Gasteiger partial charge on any atom is -0.481 e. The average Bonchev–Trinajstić information content (AvgIpc) is 2.64. The lowest BCUT2D eigenvalue weighted by atomic mass is 9.47. The zero-order chi connectivity index (χ0) is 20.4. The van der Waals surface area contributed by atoms with Gasteiger partial charge >= 0.3 is 5.97 Å². The molecule has 2 atom stereocenters. The van der Waals surface area contributed by atoms with E-state index in [-0.39, 0.29) is 10.6 Å². The van der Waals surface area contributed by atoms with Gasteiger partial charge in [-0.25, -0.2) is 4.68 Å². The molecule has 0 amide bonds. The van der Waals surface area contributed by atoms with Crippen LogP contribution in [0.15, 0.2) is 35.3 Å². The van der Waals surface area contributed by atoms with Crippen LogP contribution in [0, 0.1) is 17.3 Å². The molecule has 8 heteroatoms. The van der Waals surface area contributed by atoms with E-state index < -0.39 is 16.9 Å². The Morgan fingerprint density at radius 2 is 1.93 bits per heavy atom. The summed E-state index contributed by atoms with van der Waals surface area (Å²) in [6.45, 7) is 0. The van der Waals surface area contributed by atoms with Crippen molar-refractivity contribution in [2.24, 2.45) is 17.3 Å². The van der Waals surface area contributed by atoms with Crippen LogP contribution in [-0.2, 0) is 10.3 Å². The monoisotopic (exact) mass is 433 g/mol. The first-order chi connectivity index (χ1) is 13.8. The maximum Gasteiger partial charge on any atom is 0.309 e. The second kappa shape index (κ2) is 6.47. The van der Waals surface area contributed by atoms with Gasteiger partial charge < -0.3 is 10.4 Å². The van der Waals surface area contributed by atoms with E-state index >= 15 is 0 Å². The van der Waals surface area contributed by atoms with Crippen molar-refractivity contribution in [3.63, 3.8) is 0 Å². The van der Waals surface area contributed by atoms with Gasteiger partial charge in [0.05, 0.1) is 22.8 Å². The number of carbonyl (C=O) groups is 1. The molecule has 6 nitrogen and oxygen atoms in total. The molecule has 0 saturated heterocycles. The van der Waals surface area contributed by atoms with Crippen LogP contribution in [0.25, 0.3) is 0 Å². The molecule has 4 fully saturated rings. The molecule has 2 aromatic rings. The van der Waals surface area contributed by atoms with E-state index in [1.54, 1.807) is 24.4 Å². The van der Waals surface area contributed by atoms with Crippen molar-refractivity contribution in [1.82, 2.24) is 9.78 Å². The maximum absolute atomic E-state index is 13.2. The number of nitrogens with one attached hydrogen (secondary N) is 1. The van der Waals surface area contributed by atoms with Gasteiger partial charge in [-0.05, 0) is 68.6 Å². The van der Waals surface area contributed by atoms with Gasteiger partial charge in [-0.1, -0.05) is 29.3 Å². The van der Waals surface area contributed by atoms with E-state index in [0.717, 1.165) is 19.3 Å². The number of halogens is 2. The van der Waals surface area contributed by atoms with Crippen LogP contribution in [0.4, 0.5) is 11.4 Å². The molecule has 29 heavy (non-hydrogen) atoms. The zero-order valence-electron chi connectivity index (χ0n) is 15.7. The van der Waals surface area contributed by atoms with Crippen molar-refractivity contribution >= 4 is 40.5 Å². The molecule has 2 N–H and O–H groups in total. The number of nitrogens with zero attached hydrogens (tertiary/aromatic N) is 2. The Morgan fingerprint density at radius 1 is 1.21 bits per heavy atom. The van der Waals surface area contributed by atoms with E-state index in [4.69, 9.17) is 23.2 Å². The van der Waals surface area contributed by atoms with E-state index in [1.165, 1.54) is 4.68 Å². The summed E-state index contributed by atoms with van der Waals surface area (Å²) in [5.74, 6) is -0.0949. The van der Waals surface area contributed by atoms with Gasteiger partial charge in [-0.2, -0.15) is 5.10 Å². The molecule has 152 valence electrons. The van der Waals surface area contributed by atoms with Gasteiger partial charge in [0.1, 0.15) is 5.02 Å². The molecule has 4 aliphatic carbocycles. The van der Waals surface area contributed by atoms with Gasteiger partial charge in [-0.15, -0.1) is 0 Å². The standard InChI is InChI=1S/C21H21Cl2N3O3/c22-14-2-1-3-15(5-14)25-16-10-24-26(18(27)17(16)23)21-8-12-4-13(9-21)7-20(6-12,11-21)19(28)29/h1-3,5,10,12-13,25H,4,6-9,11H2,(H,28,29). The SMILES string of the molecule is O=C(O)C12CC3CC(C1)CC(n1ncc(Nc4cccc(Cl)c4)c(Cl)c1=O)(C3)C2. The predicted octanol–water partition coefficient (Wildman–Crippen LogP) is 4.67. The lowest BCUT2D eigenvalue weighted by Crippen LogP contribution is -2.61. The summed E-state index contributed by atoms with van der Waals surface area (Å²) in [5, 5.41) is 18.1. The van der Waals surface area contributed by atoms with Gasteiger partial charge in [0, 0.05) is 10.7 Å². The second-order valence-electron chi connectivity index (χ2n) is 9.00. The van der Waals surface area contributed by atoms with E-state index in [2.05, 4.69) is 10.4 Å². The molecule has 4 aliphatic rings. The lowest BCUT2D eigenvalue weighted by Gasteiger charge is -2.60. The third kappa shape index (κ3) is 2.96. The molecule has 0 aliphatic heterocycles. The maximum atomic E-state index is 13.2. The fourth-order valence-corrected chi connectivity index (χ4v) is 6.66. The number of aromatic nitrogens is 2. The van der Waals surface area contributed by atoms with Crippen LogP contribution in [-0.4, -0.2) is 20.9 Å². The number of aliphatic carboxylic acids is 1. The van der Waals surface area contributed by atoms with Crippen LogP contribution in [0.1, 0.15) is 38.5 Å². The Balaban J connectivity index is 1.53. The van der Waals surface area contributed by atoms with Crippen molar-refractivity contribution in [3.05, 3.63) is 50.9 Å². The Labute approximate surface area is 177 Å². The van der Waals surface area contributed by atoms with Crippen molar-refractivity contribution in [3.8, 4) is 0 Å². The fraction of sp³-hybridized carbons (Fsp3) is 0.476. The number of hydrogen-bond acceptors (Lipinski definition) is 4. The van der Waals surface area contributed by atoms with Crippen LogP contribution in [0.2, 0.25) is 10.0 Å². The quantitative estimate of drug-likeness (QED) is 0.731. The number of rotatable bonds is 4. The number of hydrogen-bond donors (Lipinski definition) is 2. The predicted molar refractivity (Wildman–Crippen MR) is 111 cm³/mol. The molecule has 1 heterocycles. The van der Waals surface area contributed by atoms with Crippen molar-refractivity contribution in [2.45, 2.75) is 44.1 Å². The smallest absolute Gasteiger partial charge is 0.309 e. The molecule has 4 saturated carbocycles. The van der Waals surface area contributed by atoms with Crippen LogP contribution < -0.4 is 10.9 Å². The molecule has 1 aromatic heterocycles. The Kier molecular flexibility index (Phi) is 4.23. The fourth-order valence-electron chi connectivity index (χ4n) is 6.29. The van der Waals surface area contributed by atoms with Crippen LogP contribution in [0.3, 0.4) is 0 Å². The number of carboxylic acid groups (broad SMARTS) is 1. The summed E-state index contributed by atoms with van der Waals surface area (Å²) >= 11 is 12.5. The van der Waals surface area contributed by atoms with Crippen molar-refractivity contribution in [1.29, 1.82) is 0 Å². The molecule has 6 rings (SSSR count). The van der Waals surface area contributed by atoms with Gasteiger partial charge in [0.25, 0.3) is 5.56 Å². The lowest BCUT2D eigenvalue weighted by molar-refractivity contribution is -0.173. The highest BCUT2D eigenvalue weighted by molar-refractivity contribution is 6.33. The average molecular weight is 434 g/mol. The molecule has 2 unspecified atom stereocenters. The minimum atomic E-state index is -0.741. The van der Waals surface area contributed by atoms with E-state index in [1.807, 2.05) is 6.07 Å². The summed E-state index contributed by atoms with van der Waals surface area (Å²) in [6, 6.07) is 7.12. The zero-order valence-corrected chi connectivity index (χ0v) is 17.2. The first kappa shape index (κ1) is 18.9. The molecular weight excluding hydrogens is 413 g/mol. The van der Waals surface area contributed by atoms with Gasteiger partial charge in [-0.3, -0.25) is 9.59 Å². The third-order valence-electron chi connectivity index (χ3n) is 6.96. The summed E-state index contributed by atoms with van der Waals surface area (Å²) in [5.41, 5.74) is -0.556. The Bertz CT molecular complexity index is 1050. The Morgan fingerprint density at radius 3 is 2.59 bits per heavy atom. The van der Waals surface area contributed by atoms with Crippen LogP contribution >= 0.6 is 23.2 Å². The van der Waals surface area contributed by atoms with Crippen molar-refractivity contribution < 1.29 is 9.90 Å². The van der Waals surface area contributed by atoms with Crippen LogP contribution in [0.5, 0.6) is 0 Å². The van der Waals surface area contributed by atoms with Crippen molar-refractivity contribution in [2.75, 3.05) is 5.32 Å². The number of anilines is 2. The van der Waals surface area contributed by atoms with E-state index in [0.29, 0.717) is 47.5 Å². The van der Waals surface area contributed by atoms with Gasteiger partial charge in [0.2, 0.25) is 0 Å². The first-order valence-corrected chi connectivity index (χ1v) is 10.6.